The summed E-state index contributed by atoms with van der Waals surface area (Å²) in [4.78, 5) is 23.8. The third-order valence-electron chi connectivity index (χ3n) is 3.91. The normalized spacial score (nSPS) is 10.7. The number of halogens is 1. The van der Waals surface area contributed by atoms with Crippen LogP contribution in [0.5, 0.6) is 0 Å². The van der Waals surface area contributed by atoms with Crippen LogP contribution in [0.15, 0.2) is 47.1 Å². The summed E-state index contributed by atoms with van der Waals surface area (Å²) >= 11 is 0. The van der Waals surface area contributed by atoms with E-state index in [1.54, 1.807) is 13.0 Å². The minimum absolute atomic E-state index is 0.0117. The quantitative estimate of drug-likeness (QED) is 0.705. The number of ether oxygens (including phenoxy) is 1. The van der Waals surface area contributed by atoms with Gasteiger partial charge in [-0.05, 0) is 43.2 Å². The van der Waals surface area contributed by atoms with E-state index in [2.05, 4.69) is 5.32 Å². The lowest BCUT2D eigenvalue weighted by atomic mass is 10.1. The Labute approximate surface area is 149 Å². The van der Waals surface area contributed by atoms with Crippen LogP contribution in [0.3, 0.4) is 0 Å². The van der Waals surface area contributed by atoms with Crippen LogP contribution in [0.1, 0.15) is 16.7 Å². The predicted molar refractivity (Wildman–Crippen MR) is 95.4 cm³/mol. The molecule has 0 atom stereocenters. The fourth-order valence-corrected chi connectivity index (χ4v) is 2.59. The SMILES string of the molecule is Cc1ccc(NC(=O)COC(=O)Cc2coc3cc(C)ccc23)c(F)c1. The van der Waals surface area contributed by atoms with Crippen LogP contribution < -0.4 is 5.32 Å². The number of fused-ring (bicyclic) bond motifs is 1. The van der Waals surface area contributed by atoms with E-state index in [1.807, 2.05) is 25.1 Å². The second kappa shape index (κ2) is 7.39. The molecular weight excluding hydrogens is 337 g/mol. The number of rotatable bonds is 5. The molecule has 0 saturated carbocycles. The summed E-state index contributed by atoms with van der Waals surface area (Å²) in [5.74, 6) is -1.70. The van der Waals surface area contributed by atoms with Crippen LogP contribution in [0.25, 0.3) is 11.0 Å². The standard InChI is InChI=1S/C20H18FNO4/c1-12-4-6-17(16(21)7-12)22-19(23)11-26-20(24)9-14-10-25-18-8-13(2)3-5-15(14)18/h3-8,10H,9,11H2,1-2H3,(H,22,23). The first-order valence-corrected chi connectivity index (χ1v) is 8.11. The van der Waals surface area contributed by atoms with Gasteiger partial charge in [-0.1, -0.05) is 18.2 Å². The lowest BCUT2D eigenvalue weighted by Crippen LogP contribution is -2.22. The fourth-order valence-electron chi connectivity index (χ4n) is 2.59. The average Bonchev–Trinajstić information content (AvgIpc) is 2.97. The van der Waals surface area contributed by atoms with E-state index in [0.29, 0.717) is 11.1 Å². The molecule has 0 fully saturated rings. The molecule has 0 aliphatic rings. The largest absolute Gasteiger partial charge is 0.464 e. The zero-order valence-electron chi connectivity index (χ0n) is 14.5. The van der Waals surface area contributed by atoms with Crippen LogP contribution in [0.4, 0.5) is 10.1 Å². The molecule has 0 aliphatic carbocycles. The van der Waals surface area contributed by atoms with Crippen molar-refractivity contribution >= 4 is 28.5 Å². The summed E-state index contributed by atoms with van der Waals surface area (Å²) < 4.78 is 24.1. The second-order valence-corrected chi connectivity index (χ2v) is 6.13. The summed E-state index contributed by atoms with van der Waals surface area (Å²) in [7, 11) is 0. The monoisotopic (exact) mass is 355 g/mol. The fraction of sp³-hybridized carbons (Fsp3) is 0.200. The number of nitrogens with one attached hydrogen (secondary N) is 1. The smallest absolute Gasteiger partial charge is 0.310 e. The topological polar surface area (TPSA) is 68.5 Å². The lowest BCUT2D eigenvalue weighted by Gasteiger charge is -2.08. The molecule has 6 heteroatoms. The highest BCUT2D eigenvalue weighted by Crippen LogP contribution is 2.23. The van der Waals surface area contributed by atoms with E-state index in [-0.39, 0.29) is 12.1 Å². The van der Waals surface area contributed by atoms with Crippen LogP contribution in [-0.2, 0) is 20.7 Å². The number of hydrogen-bond acceptors (Lipinski definition) is 4. The highest BCUT2D eigenvalue weighted by molar-refractivity contribution is 5.93. The Morgan fingerprint density at radius 2 is 1.85 bits per heavy atom. The van der Waals surface area contributed by atoms with Crippen molar-refractivity contribution in [2.45, 2.75) is 20.3 Å². The molecule has 5 nitrogen and oxygen atoms in total. The van der Waals surface area contributed by atoms with Gasteiger partial charge in [-0.3, -0.25) is 9.59 Å². The summed E-state index contributed by atoms with van der Waals surface area (Å²) in [6.07, 6.45) is 1.50. The van der Waals surface area contributed by atoms with Crippen molar-refractivity contribution in [1.29, 1.82) is 0 Å². The molecule has 0 spiro atoms. The minimum atomic E-state index is -0.603. The first-order chi connectivity index (χ1) is 12.4. The van der Waals surface area contributed by atoms with Gasteiger partial charge in [-0.15, -0.1) is 0 Å². The van der Waals surface area contributed by atoms with Crippen molar-refractivity contribution in [1.82, 2.24) is 0 Å². The molecule has 2 aromatic carbocycles. The Balaban J connectivity index is 1.55. The molecule has 0 saturated heterocycles. The summed E-state index contributed by atoms with van der Waals surface area (Å²) in [5.41, 5.74) is 3.23. The summed E-state index contributed by atoms with van der Waals surface area (Å²) in [5, 5.41) is 3.21. The molecule has 1 amide bonds. The van der Waals surface area contributed by atoms with E-state index in [0.717, 1.165) is 16.5 Å². The van der Waals surface area contributed by atoms with Crippen LogP contribution in [-0.4, -0.2) is 18.5 Å². The summed E-state index contributed by atoms with van der Waals surface area (Å²) in [6, 6.07) is 10.1. The molecule has 0 aliphatic heterocycles. The van der Waals surface area contributed by atoms with Gasteiger partial charge in [0.1, 0.15) is 11.4 Å². The Kier molecular flexibility index (Phi) is 5.02. The van der Waals surface area contributed by atoms with Gasteiger partial charge < -0.3 is 14.5 Å². The maximum atomic E-state index is 13.7. The third kappa shape index (κ3) is 4.08. The van der Waals surface area contributed by atoms with Crippen molar-refractivity contribution < 1.29 is 23.1 Å². The zero-order valence-corrected chi connectivity index (χ0v) is 14.5. The number of esters is 1. The minimum Gasteiger partial charge on any atom is -0.464 e. The van der Waals surface area contributed by atoms with E-state index in [1.165, 1.54) is 18.4 Å². The van der Waals surface area contributed by atoms with Gasteiger partial charge >= 0.3 is 5.97 Å². The number of benzene rings is 2. The number of anilines is 1. The molecule has 3 rings (SSSR count). The van der Waals surface area contributed by atoms with Crippen molar-refractivity contribution in [2.24, 2.45) is 0 Å². The van der Waals surface area contributed by atoms with E-state index in [4.69, 9.17) is 9.15 Å². The predicted octanol–water partition coefficient (Wildman–Crippen LogP) is 3.91. The molecule has 1 N–H and O–H groups in total. The van der Waals surface area contributed by atoms with Gasteiger partial charge in [0.05, 0.1) is 18.4 Å². The molecule has 0 radical (unpaired) electrons. The number of furan rings is 1. The molecule has 134 valence electrons. The van der Waals surface area contributed by atoms with Crippen LogP contribution in [0, 0.1) is 19.7 Å². The number of hydrogen-bond donors (Lipinski definition) is 1. The molecule has 0 bridgehead atoms. The molecule has 1 heterocycles. The Morgan fingerprint density at radius 3 is 2.62 bits per heavy atom. The second-order valence-electron chi connectivity index (χ2n) is 6.13. The molecular formula is C20H18FNO4. The molecule has 3 aromatic rings. The maximum Gasteiger partial charge on any atom is 0.310 e. The van der Waals surface area contributed by atoms with Crippen LogP contribution in [0.2, 0.25) is 0 Å². The highest BCUT2D eigenvalue weighted by atomic mass is 19.1. The van der Waals surface area contributed by atoms with E-state index >= 15 is 0 Å². The summed E-state index contributed by atoms with van der Waals surface area (Å²) in [6.45, 7) is 3.21. The van der Waals surface area contributed by atoms with Crippen LogP contribution >= 0.6 is 0 Å². The lowest BCUT2D eigenvalue weighted by molar-refractivity contribution is -0.146. The van der Waals surface area contributed by atoms with Gasteiger partial charge in [0, 0.05) is 10.9 Å². The number of aryl methyl sites for hydroxylation is 2. The van der Waals surface area contributed by atoms with Gasteiger partial charge in [0.2, 0.25) is 0 Å². The highest BCUT2D eigenvalue weighted by Gasteiger charge is 2.14. The van der Waals surface area contributed by atoms with Gasteiger partial charge in [0.25, 0.3) is 5.91 Å². The number of amides is 1. The molecule has 1 aromatic heterocycles. The van der Waals surface area contributed by atoms with Gasteiger partial charge in [-0.2, -0.15) is 0 Å². The van der Waals surface area contributed by atoms with E-state index in [9.17, 15) is 14.0 Å². The Morgan fingerprint density at radius 1 is 1.12 bits per heavy atom. The maximum absolute atomic E-state index is 13.7. The van der Waals surface area contributed by atoms with Crippen molar-refractivity contribution in [3.05, 3.63) is 65.2 Å². The van der Waals surface area contributed by atoms with Gasteiger partial charge in [-0.25, -0.2) is 4.39 Å². The Hall–Kier alpha value is -3.15. The van der Waals surface area contributed by atoms with Crippen molar-refractivity contribution in [2.75, 3.05) is 11.9 Å². The first kappa shape index (κ1) is 17.7. The number of carbonyl (C=O) groups excluding carboxylic acids is 2. The zero-order chi connectivity index (χ0) is 18.7. The van der Waals surface area contributed by atoms with Crippen molar-refractivity contribution in [3.63, 3.8) is 0 Å². The number of carbonyl (C=O) groups is 2. The first-order valence-electron chi connectivity index (χ1n) is 8.11. The third-order valence-corrected chi connectivity index (χ3v) is 3.91. The van der Waals surface area contributed by atoms with E-state index < -0.39 is 24.3 Å². The molecule has 26 heavy (non-hydrogen) atoms. The Bertz CT molecular complexity index is 977. The average molecular weight is 355 g/mol. The molecule has 0 unspecified atom stereocenters. The van der Waals surface area contributed by atoms with Gasteiger partial charge in [0.15, 0.2) is 6.61 Å². The van der Waals surface area contributed by atoms with Crippen molar-refractivity contribution in [3.8, 4) is 0 Å².